The van der Waals surface area contributed by atoms with Crippen LogP contribution in [0.15, 0.2) is 18.2 Å². The number of nitrogens with one attached hydrogen (secondary N) is 1. The van der Waals surface area contributed by atoms with Gasteiger partial charge in [0.15, 0.2) is 0 Å². The molecule has 0 fully saturated rings. The Morgan fingerprint density at radius 1 is 1.36 bits per heavy atom. The molecule has 0 atom stereocenters. The maximum atomic E-state index is 11.8. The maximum absolute atomic E-state index is 11.8. The van der Waals surface area contributed by atoms with Gasteiger partial charge in [-0.1, -0.05) is 41.5 Å². The van der Waals surface area contributed by atoms with Gasteiger partial charge in [-0.25, -0.2) is 0 Å². The molecule has 0 aliphatic carbocycles. The van der Waals surface area contributed by atoms with E-state index in [1.807, 2.05) is 6.92 Å². The summed E-state index contributed by atoms with van der Waals surface area (Å²) in [6, 6.07) is 5.03. The van der Waals surface area contributed by atoms with Gasteiger partial charge in [0.05, 0.1) is 11.6 Å². The zero-order chi connectivity index (χ0) is 15.9. The highest BCUT2D eigenvalue weighted by atomic mass is 35.5. The number of amides is 1. The van der Waals surface area contributed by atoms with Crippen LogP contribution in [0.1, 0.15) is 24.8 Å². The van der Waals surface area contributed by atoms with E-state index in [0.717, 1.165) is 11.4 Å². The highest BCUT2D eigenvalue weighted by Gasteiger charge is 2.08. The molecule has 2 rings (SSSR count). The number of nitrogens with zero attached hydrogens (tertiary/aromatic N) is 2. The number of anilines is 1. The van der Waals surface area contributed by atoms with E-state index in [1.54, 1.807) is 18.2 Å². The molecule has 1 aromatic carbocycles. The largest absolute Gasteiger partial charge is 0.492 e. The number of halogens is 2. The molecule has 1 amide bonds. The molecule has 0 saturated heterocycles. The Morgan fingerprint density at radius 3 is 2.86 bits per heavy atom. The summed E-state index contributed by atoms with van der Waals surface area (Å²) >= 11 is 13.2. The third-order valence-electron chi connectivity index (χ3n) is 2.72. The summed E-state index contributed by atoms with van der Waals surface area (Å²) in [5, 5.41) is 13.0. The maximum Gasteiger partial charge on any atom is 0.226 e. The van der Waals surface area contributed by atoms with Gasteiger partial charge >= 0.3 is 0 Å². The van der Waals surface area contributed by atoms with E-state index in [-0.39, 0.29) is 5.91 Å². The van der Waals surface area contributed by atoms with Crippen LogP contribution in [0.3, 0.4) is 0 Å². The van der Waals surface area contributed by atoms with Gasteiger partial charge in [0, 0.05) is 11.4 Å². The van der Waals surface area contributed by atoms with Gasteiger partial charge in [-0.2, -0.15) is 0 Å². The summed E-state index contributed by atoms with van der Waals surface area (Å²) < 4.78 is 5.52. The molecule has 22 heavy (non-hydrogen) atoms. The molecular weight excluding hydrogens is 345 g/mol. The number of benzene rings is 1. The summed E-state index contributed by atoms with van der Waals surface area (Å²) in [5.74, 6) is 0.452. The summed E-state index contributed by atoms with van der Waals surface area (Å²) in [6.07, 6.45) is 1.72. The fraction of sp³-hybridized carbons (Fsp3) is 0.357. The average molecular weight is 360 g/mol. The number of ether oxygens (including phenoxy) is 1. The van der Waals surface area contributed by atoms with Crippen LogP contribution in [-0.4, -0.2) is 22.7 Å². The van der Waals surface area contributed by atoms with Gasteiger partial charge in [0.25, 0.3) is 0 Å². The van der Waals surface area contributed by atoms with Crippen LogP contribution in [0.4, 0.5) is 5.13 Å². The van der Waals surface area contributed by atoms with Crippen molar-refractivity contribution in [3.05, 3.63) is 33.3 Å². The number of aryl methyl sites for hydroxylation is 1. The lowest BCUT2D eigenvalue weighted by Crippen LogP contribution is -2.12. The first-order valence-electron chi connectivity index (χ1n) is 6.78. The SMILES string of the molecule is CCc1nnc(NC(=O)CCCOc2ccc(Cl)cc2Cl)s1. The summed E-state index contributed by atoms with van der Waals surface area (Å²) in [4.78, 5) is 11.8. The van der Waals surface area contributed by atoms with E-state index in [1.165, 1.54) is 11.3 Å². The molecule has 0 bridgehead atoms. The standard InChI is InChI=1S/C14H15Cl2N3O2S/c1-2-13-18-19-14(22-13)17-12(20)4-3-7-21-11-6-5-9(15)8-10(11)16/h5-6,8H,2-4,7H2,1H3,(H,17,19,20). The normalized spacial score (nSPS) is 10.5. The third-order valence-corrected chi connectivity index (χ3v) is 4.23. The van der Waals surface area contributed by atoms with Gasteiger partial charge in [-0.05, 0) is 31.0 Å². The third kappa shape index (κ3) is 5.12. The van der Waals surface area contributed by atoms with Crippen LogP contribution in [0.2, 0.25) is 10.0 Å². The molecule has 118 valence electrons. The van der Waals surface area contributed by atoms with Crippen LogP contribution >= 0.6 is 34.5 Å². The van der Waals surface area contributed by atoms with Crippen LogP contribution in [0.5, 0.6) is 5.75 Å². The second kappa shape index (κ2) is 8.31. The first-order chi connectivity index (χ1) is 10.6. The molecule has 1 aromatic heterocycles. The number of rotatable bonds is 7. The summed E-state index contributed by atoms with van der Waals surface area (Å²) in [7, 11) is 0. The highest BCUT2D eigenvalue weighted by molar-refractivity contribution is 7.15. The predicted molar refractivity (Wildman–Crippen MR) is 89.1 cm³/mol. The minimum Gasteiger partial charge on any atom is -0.492 e. The van der Waals surface area contributed by atoms with Crippen molar-refractivity contribution in [1.29, 1.82) is 0 Å². The van der Waals surface area contributed by atoms with E-state index < -0.39 is 0 Å². The van der Waals surface area contributed by atoms with Gasteiger partial charge in [0.1, 0.15) is 10.8 Å². The van der Waals surface area contributed by atoms with Gasteiger partial charge in [-0.3, -0.25) is 4.79 Å². The molecule has 0 unspecified atom stereocenters. The number of carbonyl (C=O) groups is 1. The molecule has 0 aliphatic heterocycles. The Hall–Kier alpha value is -1.37. The molecular formula is C14H15Cl2N3O2S. The molecule has 0 spiro atoms. The first-order valence-corrected chi connectivity index (χ1v) is 8.36. The molecule has 0 aliphatic rings. The van der Waals surface area contributed by atoms with Gasteiger partial charge < -0.3 is 10.1 Å². The second-order valence-electron chi connectivity index (χ2n) is 4.43. The van der Waals surface area contributed by atoms with Crippen LogP contribution in [0, 0.1) is 0 Å². The van der Waals surface area contributed by atoms with Crippen molar-refractivity contribution in [2.45, 2.75) is 26.2 Å². The van der Waals surface area contributed by atoms with Crippen LogP contribution in [0.25, 0.3) is 0 Å². The smallest absolute Gasteiger partial charge is 0.226 e. The zero-order valence-corrected chi connectivity index (χ0v) is 14.3. The first kappa shape index (κ1) is 17.0. The Labute approximate surface area is 142 Å². The lowest BCUT2D eigenvalue weighted by molar-refractivity contribution is -0.116. The van der Waals surface area contributed by atoms with E-state index in [0.29, 0.717) is 40.4 Å². The topological polar surface area (TPSA) is 64.1 Å². The lowest BCUT2D eigenvalue weighted by Gasteiger charge is -2.07. The van der Waals surface area contributed by atoms with E-state index in [4.69, 9.17) is 27.9 Å². The summed E-state index contributed by atoms with van der Waals surface area (Å²) in [6.45, 7) is 2.39. The van der Waals surface area contributed by atoms with Gasteiger partial charge in [-0.15, -0.1) is 10.2 Å². The second-order valence-corrected chi connectivity index (χ2v) is 6.34. The van der Waals surface area contributed by atoms with Crippen molar-refractivity contribution in [3.8, 4) is 5.75 Å². The molecule has 0 saturated carbocycles. The van der Waals surface area contributed by atoms with Crippen molar-refractivity contribution in [3.63, 3.8) is 0 Å². The van der Waals surface area contributed by atoms with Crippen molar-refractivity contribution < 1.29 is 9.53 Å². The van der Waals surface area contributed by atoms with E-state index in [2.05, 4.69) is 15.5 Å². The average Bonchev–Trinajstić information content (AvgIpc) is 2.93. The quantitative estimate of drug-likeness (QED) is 0.752. The minimum atomic E-state index is -0.107. The number of carbonyl (C=O) groups excluding carboxylic acids is 1. The Balaban J connectivity index is 1.70. The number of hydrogen-bond donors (Lipinski definition) is 1. The highest BCUT2D eigenvalue weighted by Crippen LogP contribution is 2.27. The van der Waals surface area contributed by atoms with E-state index in [9.17, 15) is 4.79 Å². The fourth-order valence-electron chi connectivity index (χ4n) is 1.64. The molecule has 1 N–H and O–H groups in total. The van der Waals surface area contributed by atoms with E-state index >= 15 is 0 Å². The zero-order valence-electron chi connectivity index (χ0n) is 11.9. The lowest BCUT2D eigenvalue weighted by atomic mass is 10.3. The molecule has 5 nitrogen and oxygen atoms in total. The van der Waals surface area contributed by atoms with Crippen molar-refractivity contribution >= 4 is 45.6 Å². The predicted octanol–water partition coefficient (Wildman–Crippen LogP) is 4.21. The minimum absolute atomic E-state index is 0.107. The Bertz CT molecular complexity index is 649. The van der Waals surface area contributed by atoms with Crippen molar-refractivity contribution in [1.82, 2.24) is 10.2 Å². The van der Waals surface area contributed by atoms with Crippen molar-refractivity contribution in [2.24, 2.45) is 0 Å². The fourth-order valence-corrected chi connectivity index (χ4v) is 2.79. The molecule has 2 aromatic rings. The molecule has 0 radical (unpaired) electrons. The Kier molecular flexibility index (Phi) is 6.42. The molecule has 1 heterocycles. The van der Waals surface area contributed by atoms with Gasteiger partial charge in [0.2, 0.25) is 11.0 Å². The Morgan fingerprint density at radius 2 is 2.18 bits per heavy atom. The monoisotopic (exact) mass is 359 g/mol. The van der Waals surface area contributed by atoms with Crippen molar-refractivity contribution in [2.75, 3.05) is 11.9 Å². The number of aromatic nitrogens is 2. The van der Waals surface area contributed by atoms with Crippen LogP contribution in [-0.2, 0) is 11.2 Å². The number of hydrogen-bond acceptors (Lipinski definition) is 5. The van der Waals surface area contributed by atoms with Crippen LogP contribution < -0.4 is 10.1 Å². The summed E-state index contributed by atoms with van der Waals surface area (Å²) in [5.41, 5.74) is 0. The molecule has 8 heteroatoms.